The molecule has 0 heterocycles. The van der Waals surface area contributed by atoms with Crippen molar-refractivity contribution in [1.29, 1.82) is 0 Å². The molecule has 0 saturated heterocycles. The number of carbonyl (C=O) groups is 2. The van der Waals surface area contributed by atoms with E-state index in [2.05, 4.69) is 43.2 Å². The number of urea groups is 1. The van der Waals surface area contributed by atoms with Crippen molar-refractivity contribution < 1.29 is 38.0 Å². The maximum atomic E-state index is 13.7. The standard InChI is InChI=1S/C53H104N6O8Si/c1-5-6-7-8-9-11-26-59(51(61)58-25-31-63-33-35-64-34-32-62-30-24-57-49(60)17-10-12-36-68)27-13-16-41(2)44-18-19-45-50-46(39-48(53(44,45)4)66-29-15-23-55)52(3)21-20-43(65-28-14-22-54)37-42(52)38-47(50)67-40-56/h41-48,50H,5-40,54-56H2,1-4,68H3,(H,57,60)(H,58,61)/t41-,42+,43-,44-,45+,46+,47-,48+,50+,52+,53-/m1/s1. The molecule has 4 fully saturated rings. The second-order valence-corrected chi connectivity index (χ2v) is 22.5. The van der Waals surface area contributed by atoms with Crippen LogP contribution in [0.25, 0.3) is 0 Å². The summed E-state index contributed by atoms with van der Waals surface area (Å²) in [6.45, 7) is 18.3. The summed E-state index contributed by atoms with van der Waals surface area (Å²) < 4.78 is 37.1. The summed E-state index contributed by atoms with van der Waals surface area (Å²) in [6, 6.07) is 1.25. The molecule has 0 unspecified atom stereocenters. The summed E-state index contributed by atoms with van der Waals surface area (Å²) in [6.07, 6.45) is 22.3. The van der Waals surface area contributed by atoms with Crippen LogP contribution in [0, 0.1) is 46.3 Å². The van der Waals surface area contributed by atoms with E-state index in [4.69, 9.17) is 45.6 Å². The molecule has 0 aromatic heterocycles. The summed E-state index contributed by atoms with van der Waals surface area (Å²) in [5.41, 5.74) is 18.4. The average Bonchev–Trinajstić information content (AvgIpc) is 3.69. The second-order valence-electron chi connectivity index (χ2n) is 21.5. The van der Waals surface area contributed by atoms with Gasteiger partial charge in [-0.3, -0.25) is 4.79 Å². The number of nitrogens with zero attached hydrogens (tertiary/aromatic N) is 1. The lowest BCUT2D eigenvalue weighted by molar-refractivity contribution is -0.227. The summed E-state index contributed by atoms with van der Waals surface area (Å²) in [5.74, 6) is 3.18. The fourth-order valence-electron chi connectivity index (χ4n) is 13.4. The van der Waals surface area contributed by atoms with E-state index >= 15 is 0 Å². The Hall–Kier alpha value is -1.40. The van der Waals surface area contributed by atoms with E-state index in [1.807, 2.05) is 0 Å². The number of fused-ring (bicyclic) bond motifs is 5. The summed E-state index contributed by atoms with van der Waals surface area (Å²) in [7, 11) is 1.20. The maximum absolute atomic E-state index is 13.7. The van der Waals surface area contributed by atoms with Crippen LogP contribution < -0.4 is 27.8 Å². The van der Waals surface area contributed by atoms with Crippen molar-refractivity contribution in [3.05, 3.63) is 0 Å². The molecule has 15 heteroatoms. The van der Waals surface area contributed by atoms with Crippen molar-refractivity contribution in [3.63, 3.8) is 0 Å². The first-order valence-corrected chi connectivity index (χ1v) is 29.5. The zero-order valence-corrected chi connectivity index (χ0v) is 46.1. The van der Waals surface area contributed by atoms with E-state index in [-0.39, 0.29) is 41.7 Å². The van der Waals surface area contributed by atoms with Gasteiger partial charge in [0.05, 0.1) is 64.7 Å². The normalized spacial score (nSPS) is 29.3. The predicted octanol–water partition coefficient (Wildman–Crippen LogP) is 6.54. The average molecular weight is 982 g/mol. The smallest absolute Gasteiger partial charge is 0.317 e. The molecule has 4 aliphatic carbocycles. The van der Waals surface area contributed by atoms with Gasteiger partial charge in [-0.2, -0.15) is 0 Å². The predicted molar refractivity (Wildman–Crippen MR) is 278 cm³/mol. The van der Waals surface area contributed by atoms with Crippen LogP contribution in [0.1, 0.15) is 156 Å². The van der Waals surface area contributed by atoms with Crippen LogP contribution in [-0.4, -0.2) is 144 Å². The molecule has 0 aromatic carbocycles. The topological polar surface area (TPSA) is 195 Å². The molecule has 0 spiro atoms. The molecule has 4 saturated carbocycles. The van der Waals surface area contributed by atoms with Crippen LogP contribution in [0.5, 0.6) is 0 Å². The number of ether oxygens (including phenoxy) is 6. The Bertz CT molecular complexity index is 1360. The van der Waals surface area contributed by atoms with E-state index in [0.717, 1.165) is 96.7 Å². The molecule has 11 atom stereocenters. The molecule has 0 aliphatic heterocycles. The molecule has 398 valence electrons. The number of rotatable bonds is 38. The largest absolute Gasteiger partial charge is 0.378 e. The molecule has 4 rings (SSSR count). The van der Waals surface area contributed by atoms with Gasteiger partial charge in [0.15, 0.2) is 0 Å². The SMILES string of the molecule is CCCCCCCCN(CCC[C@@H](C)[C@H]1CC[C@H]2[C@@H]3[C@H](OCN)C[C@@H]4C[C@H](OCCCN)CC[C@]4(C)[C@H]3C[C@H](OCCCN)[C@]12C)C(=O)NCCOCCOCCOCCNC(=O)CCCC[SiH3]. The van der Waals surface area contributed by atoms with E-state index in [0.29, 0.717) is 120 Å². The van der Waals surface area contributed by atoms with Gasteiger partial charge in [0.2, 0.25) is 5.91 Å². The van der Waals surface area contributed by atoms with Gasteiger partial charge in [0.1, 0.15) is 0 Å². The van der Waals surface area contributed by atoms with Crippen LogP contribution in [-0.2, 0) is 33.2 Å². The number of amides is 3. The molecular formula is C53H104N6O8Si. The number of nitrogens with one attached hydrogen (secondary N) is 2. The molecule has 8 N–H and O–H groups in total. The molecule has 0 bridgehead atoms. The molecule has 4 aliphatic rings. The monoisotopic (exact) mass is 981 g/mol. The van der Waals surface area contributed by atoms with Gasteiger partial charge in [0, 0.05) is 61.5 Å². The van der Waals surface area contributed by atoms with Crippen molar-refractivity contribution in [2.75, 3.05) is 98.9 Å². The first kappa shape index (κ1) is 59.2. The number of hydrogen-bond acceptors (Lipinski definition) is 11. The molecule has 0 aromatic rings. The fraction of sp³-hybridized carbons (Fsp3) is 0.962. The maximum Gasteiger partial charge on any atom is 0.317 e. The van der Waals surface area contributed by atoms with Gasteiger partial charge in [-0.15, -0.1) is 0 Å². The number of unbranched alkanes of at least 4 members (excludes halogenated alkanes) is 6. The van der Waals surface area contributed by atoms with Crippen molar-refractivity contribution in [2.45, 2.75) is 180 Å². The van der Waals surface area contributed by atoms with E-state index < -0.39 is 0 Å². The molecule has 14 nitrogen and oxygen atoms in total. The summed E-state index contributed by atoms with van der Waals surface area (Å²) >= 11 is 0. The minimum Gasteiger partial charge on any atom is -0.378 e. The number of hydrogen-bond donors (Lipinski definition) is 5. The highest BCUT2D eigenvalue weighted by atomic mass is 28.1. The van der Waals surface area contributed by atoms with Crippen LogP contribution >= 0.6 is 0 Å². The van der Waals surface area contributed by atoms with Gasteiger partial charge in [-0.05, 0) is 137 Å². The first-order chi connectivity index (χ1) is 33.1. The Kier molecular flexibility index (Phi) is 29.0. The van der Waals surface area contributed by atoms with Crippen molar-refractivity contribution in [2.24, 2.45) is 63.5 Å². The quantitative estimate of drug-likeness (QED) is 0.0256. The zero-order chi connectivity index (χ0) is 49.0. The molecular weight excluding hydrogens is 877 g/mol. The lowest BCUT2D eigenvalue weighted by Crippen LogP contribution is -2.63. The minimum atomic E-state index is 0.00707. The number of carbonyl (C=O) groups excluding carboxylic acids is 2. The zero-order valence-electron chi connectivity index (χ0n) is 44.1. The van der Waals surface area contributed by atoms with E-state index in [1.165, 1.54) is 61.2 Å². The highest BCUT2D eigenvalue weighted by Gasteiger charge is 2.66. The van der Waals surface area contributed by atoms with Gasteiger partial charge < -0.3 is 61.2 Å². The van der Waals surface area contributed by atoms with Gasteiger partial charge in [-0.1, -0.05) is 72.3 Å². The lowest BCUT2D eigenvalue weighted by Gasteiger charge is -2.64. The highest BCUT2D eigenvalue weighted by molar-refractivity contribution is 6.08. The Labute approximate surface area is 417 Å². The Balaban J connectivity index is 1.28. The minimum absolute atomic E-state index is 0.00707. The first-order valence-electron chi connectivity index (χ1n) is 28.1. The highest BCUT2D eigenvalue weighted by Crippen LogP contribution is 2.69. The Morgan fingerprint density at radius 2 is 1.37 bits per heavy atom. The van der Waals surface area contributed by atoms with Gasteiger partial charge in [-0.25, -0.2) is 4.79 Å². The molecule has 0 radical (unpaired) electrons. The Morgan fingerprint density at radius 3 is 2.06 bits per heavy atom. The van der Waals surface area contributed by atoms with E-state index in [9.17, 15) is 9.59 Å². The fourth-order valence-corrected chi connectivity index (χ4v) is 13.9. The van der Waals surface area contributed by atoms with Gasteiger partial charge >= 0.3 is 6.03 Å². The van der Waals surface area contributed by atoms with Crippen molar-refractivity contribution >= 4 is 22.2 Å². The second kappa shape index (κ2) is 33.3. The van der Waals surface area contributed by atoms with Crippen LogP contribution in [0.4, 0.5) is 4.79 Å². The summed E-state index contributed by atoms with van der Waals surface area (Å²) in [5, 5.41) is 6.06. The number of nitrogens with two attached hydrogens (primary N) is 3. The molecule has 3 amide bonds. The van der Waals surface area contributed by atoms with E-state index in [1.54, 1.807) is 0 Å². The van der Waals surface area contributed by atoms with Crippen LogP contribution in [0.15, 0.2) is 0 Å². The summed E-state index contributed by atoms with van der Waals surface area (Å²) in [4.78, 5) is 27.6. The van der Waals surface area contributed by atoms with Gasteiger partial charge in [0.25, 0.3) is 0 Å². The Morgan fingerprint density at radius 1 is 0.706 bits per heavy atom. The molecule has 68 heavy (non-hydrogen) atoms. The lowest BCUT2D eigenvalue weighted by atomic mass is 9.43. The third-order valence-electron chi connectivity index (χ3n) is 17.1. The van der Waals surface area contributed by atoms with Crippen LogP contribution in [0.3, 0.4) is 0 Å². The van der Waals surface area contributed by atoms with Crippen LogP contribution in [0.2, 0.25) is 6.04 Å². The third kappa shape index (κ3) is 18.3. The van der Waals surface area contributed by atoms with Crippen molar-refractivity contribution in [3.8, 4) is 0 Å². The van der Waals surface area contributed by atoms with Crippen molar-refractivity contribution in [1.82, 2.24) is 15.5 Å². The third-order valence-corrected chi connectivity index (χ3v) is 17.8.